The molecular formula is C18H17N3O5. The highest BCUT2D eigenvalue weighted by atomic mass is 16.6. The van der Waals surface area contributed by atoms with E-state index in [1.54, 1.807) is 31.2 Å². The SMILES string of the molecule is CNC(=O)[C@H]1CN(C(=O)c2ccc(C)c([N+](=O)[O-])c2)c2ccccc2O1. The summed E-state index contributed by atoms with van der Waals surface area (Å²) in [6.07, 6.45) is -0.862. The van der Waals surface area contributed by atoms with E-state index in [1.165, 1.54) is 30.1 Å². The lowest BCUT2D eigenvalue weighted by Gasteiger charge is -2.34. The Morgan fingerprint density at radius 1 is 1.27 bits per heavy atom. The number of anilines is 1. The van der Waals surface area contributed by atoms with Crippen LogP contribution in [0, 0.1) is 17.0 Å². The molecule has 0 unspecified atom stereocenters. The van der Waals surface area contributed by atoms with Crippen molar-refractivity contribution in [1.82, 2.24) is 5.32 Å². The van der Waals surface area contributed by atoms with Crippen LogP contribution >= 0.6 is 0 Å². The number of fused-ring (bicyclic) bond motifs is 1. The third-order valence-corrected chi connectivity index (χ3v) is 4.21. The number of ether oxygens (including phenoxy) is 1. The van der Waals surface area contributed by atoms with Crippen LogP contribution < -0.4 is 15.0 Å². The maximum absolute atomic E-state index is 13.0. The number of hydrogen-bond acceptors (Lipinski definition) is 5. The number of hydrogen-bond donors (Lipinski definition) is 1. The molecule has 0 bridgehead atoms. The van der Waals surface area contributed by atoms with Crippen LogP contribution in [0.4, 0.5) is 11.4 Å². The maximum Gasteiger partial charge on any atom is 0.273 e. The van der Waals surface area contributed by atoms with E-state index in [0.717, 1.165) is 0 Å². The number of nitrogens with zero attached hydrogens (tertiary/aromatic N) is 2. The summed E-state index contributed by atoms with van der Waals surface area (Å²) in [6, 6.07) is 11.2. The second kappa shape index (κ2) is 6.83. The minimum absolute atomic E-state index is 0.0111. The number of rotatable bonds is 3. The quantitative estimate of drug-likeness (QED) is 0.671. The van der Waals surface area contributed by atoms with Crippen LogP contribution in [-0.2, 0) is 4.79 Å². The summed E-state index contributed by atoms with van der Waals surface area (Å²) in [6.45, 7) is 1.62. The molecule has 2 aromatic carbocycles. The van der Waals surface area contributed by atoms with Crippen LogP contribution in [-0.4, -0.2) is 36.4 Å². The number of carbonyl (C=O) groups is 2. The maximum atomic E-state index is 13.0. The molecule has 2 aromatic rings. The number of para-hydroxylation sites is 2. The van der Waals surface area contributed by atoms with E-state index in [-0.39, 0.29) is 23.7 Å². The average Bonchev–Trinajstić information content (AvgIpc) is 2.66. The molecule has 1 heterocycles. The lowest BCUT2D eigenvalue weighted by Crippen LogP contribution is -2.50. The van der Waals surface area contributed by atoms with Gasteiger partial charge in [-0.2, -0.15) is 0 Å². The molecule has 1 atom stereocenters. The number of nitro groups is 1. The predicted octanol–water partition coefficient (Wildman–Crippen LogP) is 2.06. The Morgan fingerprint density at radius 2 is 2.00 bits per heavy atom. The van der Waals surface area contributed by atoms with Gasteiger partial charge in [-0.15, -0.1) is 0 Å². The fourth-order valence-electron chi connectivity index (χ4n) is 2.82. The molecule has 1 N–H and O–H groups in total. The van der Waals surface area contributed by atoms with Gasteiger partial charge in [0.15, 0.2) is 6.10 Å². The van der Waals surface area contributed by atoms with E-state index < -0.39 is 16.9 Å². The van der Waals surface area contributed by atoms with E-state index in [4.69, 9.17) is 4.74 Å². The molecule has 134 valence electrons. The molecule has 3 rings (SSSR count). The van der Waals surface area contributed by atoms with Gasteiger partial charge in [-0.3, -0.25) is 19.7 Å². The van der Waals surface area contributed by atoms with Gasteiger partial charge in [0, 0.05) is 24.2 Å². The zero-order valence-electron chi connectivity index (χ0n) is 14.3. The topological polar surface area (TPSA) is 102 Å². The summed E-state index contributed by atoms with van der Waals surface area (Å²) in [5.74, 6) is -0.382. The minimum Gasteiger partial charge on any atom is -0.477 e. The van der Waals surface area contributed by atoms with Crippen LogP contribution in [0.15, 0.2) is 42.5 Å². The van der Waals surface area contributed by atoms with Gasteiger partial charge in [0.2, 0.25) is 0 Å². The number of benzene rings is 2. The van der Waals surface area contributed by atoms with Crippen LogP contribution in [0.25, 0.3) is 0 Å². The number of carbonyl (C=O) groups excluding carboxylic acids is 2. The fraction of sp³-hybridized carbons (Fsp3) is 0.222. The van der Waals surface area contributed by atoms with Gasteiger partial charge in [0.05, 0.1) is 17.2 Å². The molecule has 1 aliphatic heterocycles. The normalized spacial score (nSPS) is 15.6. The highest BCUT2D eigenvalue weighted by molar-refractivity contribution is 6.08. The first-order valence-electron chi connectivity index (χ1n) is 7.96. The molecule has 8 heteroatoms. The smallest absolute Gasteiger partial charge is 0.273 e. The predicted molar refractivity (Wildman–Crippen MR) is 94.4 cm³/mol. The van der Waals surface area contributed by atoms with Gasteiger partial charge in [0.1, 0.15) is 5.75 Å². The molecule has 8 nitrogen and oxygen atoms in total. The van der Waals surface area contributed by atoms with Crippen molar-refractivity contribution in [2.45, 2.75) is 13.0 Å². The number of nitrogens with one attached hydrogen (secondary N) is 1. The summed E-state index contributed by atoms with van der Waals surface area (Å²) in [4.78, 5) is 37.1. The van der Waals surface area contributed by atoms with Crippen molar-refractivity contribution in [3.05, 3.63) is 63.7 Å². The zero-order chi connectivity index (χ0) is 18.8. The van der Waals surface area contributed by atoms with Crippen molar-refractivity contribution >= 4 is 23.2 Å². The highest BCUT2D eigenvalue weighted by Crippen LogP contribution is 2.34. The van der Waals surface area contributed by atoms with E-state index >= 15 is 0 Å². The molecule has 0 aromatic heterocycles. The van der Waals surface area contributed by atoms with Gasteiger partial charge in [-0.1, -0.05) is 18.2 Å². The second-order valence-corrected chi connectivity index (χ2v) is 5.86. The van der Waals surface area contributed by atoms with Crippen LogP contribution in [0.2, 0.25) is 0 Å². The Morgan fingerprint density at radius 3 is 2.69 bits per heavy atom. The Hall–Kier alpha value is -3.42. The molecule has 0 fully saturated rings. The van der Waals surface area contributed by atoms with Crippen molar-refractivity contribution in [3.8, 4) is 5.75 Å². The lowest BCUT2D eigenvalue weighted by atomic mass is 10.1. The monoisotopic (exact) mass is 355 g/mol. The number of aryl methyl sites for hydroxylation is 1. The van der Waals surface area contributed by atoms with Crippen molar-refractivity contribution in [1.29, 1.82) is 0 Å². The van der Waals surface area contributed by atoms with Crippen molar-refractivity contribution in [2.24, 2.45) is 0 Å². The summed E-state index contributed by atoms with van der Waals surface area (Å²) in [5, 5.41) is 13.7. The van der Waals surface area contributed by atoms with Crippen molar-refractivity contribution in [2.75, 3.05) is 18.5 Å². The Balaban J connectivity index is 2.01. The fourth-order valence-corrected chi connectivity index (χ4v) is 2.82. The molecule has 0 aliphatic carbocycles. The number of likely N-dealkylation sites (N-methyl/N-ethyl adjacent to an activating group) is 1. The van der Waals surface area contributed by atoms with E-state index in [9.17, 15) is 19.7 Å². The largest absolute Gasteiger partial charge is 0.477 e. The summed E-state index contributed by atoms with van der Waals surface area (Å²) < 4.78 is 5.67. The Labute approximate surface area is 149 Å². The number of nitro benzene ring substituents is 1. The van der Waals surface area contributed by atoms with E-state index in [2.05, 4.69) is 5.32 Å². The van der Waals surface area contributed by atoms with E-state index in [1.807, 2.05) is 0 Å². The zero-order valence-corrected chi connectivity index (χ0v) is 14.3. The van der Waals surface area contributed by atoms with Crippen LogP contribution in [0.3, 0.4) is 0 Å². The summed E-state index contributed by atoms with van der Waals surface area (Å²) in [5.41, 5.74) is 1.04. The first-order valence-corrected chi connectivity index (χ1v) is 7.96. The van der Waals surface area contributed by atoms with Gasteiger partial charge in [-0.25, -0.2) is 0 Å². The van der Waals surface area contributed by atoms with Gasteiger partial charge < -0.3 is 15.0 Å². The van der Waals surface area contributed by atoms with Gasteiger partial charge in [-0.05, 0) is 25.1 Å². The molecule has 0 spiro atoms. The Kier molecular flexibility index (Phi) is 4.57. The lowest BCUT2D eigenvalue weighted by molar-refractivity contribution is -0.385. The van der Waals surface area contributed by atoms with Crippen molar-refractivity contribution in [3.63, 3.8) is 0 Å². The molecule has 0 saturated heterocycles. The summed E-state index contributed by atoms with van der Waals surface area (Å²) in [7, 11) is 1.49. The first-order chi connectivity index (χ1) is 12.4. The van der Waals surface area contributed by atoms with E-state index in [0.29, 0.717) is 17.0 Å². The molecule has 0 radical (unpaired) electrons. The second-order valence-electron chi connectivity index (χ2n) is 5.86. The summed E-state index contributed by atoms with van der Waals surface area (Å²) >= 11 is 0. The Bertz CT molecular complexity index is 896. The first kappa shape index (κ1) is 17.4. The molecule has 1 aliphatic rings. The van der Waals surface area contributed by atoms with Crippen molar-refractivity contribution < 1.29 is 19.2 Å². The van der Waals surface area contributed by atoms with Gasteiger partial charge in [0.25, 0.3) is 17.5 Å². The standard InChI is InChI=1S/C18H17N3O5/c1-11-7-8-12(9-14(11)21(24)25)18(23)20-10-16(17(22)19-2)26-15-6-4-3-5-13(15)20/h3-9,16H,10H2,1-2H3,(H,19,22)/t16-/m1/s1. The molecule has 0 saturated carbocycles. The number of amides is 2. The van der Waals surface area contributed by atoms with Gasteiger partial charge >= 0.3 is 0 Å². The van der Waals surface area contributed by atoms with Crippen LogP contribution in [0.5, 0.6) is 5.75 Å². The third kappa shape index (κ3) is 3.08. The minimum atomic E-state index is -0.862. The average molecular weight is 355 g/mol. The molecule has 26 heavy (non-hydrogen) atoms. The molecular weight excluding hydrogens is 338 g/mol. The molecule has 2 amide bonds. The third-order valence-electron chi connectivity index (χ3n) is 4.21. The highest BCUT2D eigenvalue weighted by Gasteiger charge is 2.34. The van der Waals surface area contributed by atoms with Crippen LogP contribution in [0.1, 0.15) is 15.9 Å².